The van der Waals surface area contributed by atoms with Crippen LogP contribution >= 0.6 is 0 Å². The average molecular weight is 489 g/mol. The third-order valence-electron chi connectivity index (χ3n) is 5.20. The minimum absolute atomic E-state index is 0.0406. The molecule has 0 radical (unpaired) electrons. The smallest absolute Gasteiger partial charge is 0.215 e. The number of hydrogen-bond donors (Lipinski definition) is 2. The zero-order valence-electron chi connectivity index (χ0n) is 18.8. The molecule has 1 atom stereocenters. The van der Waals surface area contributed by atoms with Crippen molar-refractivity contribution in [3.63, 3.8) is 0 Å². The SMILES string of the molecule is C[S@@](=N)(=O)Cc1cc2nc(c1)OCCCCCCOc1cc(F)ccc1-c1cc(ncc1F)N2. The van der Waals surface area contributed by atoms with Crippen LogP contribution in [0.5, 0.6) is 11.6 Å². The van der Waals surface area contributed by atoms with Crippen molar-refractivity contribution in [3.05, 3.63) is 59.8 Å². The number of aromatic nitrogens is 2. The number of rotatable bonds is 2. The van der Waals surface area contributed by atoms with E-state index in [1.54, 1.807) is 12.1 Å². The number of anilines is 2. The van der Waals surface area contributed by atoms with Crippen molar-refractivity contribution < 1.29 is 22.5 Å². The van der Waals surface area contributed by atoms with Gasteiger partial charge in [0.25, 0.3) is 0 Å². The first-order chi connectivity index (χ1) is 16.3. The van der Waals surface area contributed by atoms with Gasteiger partial charge in [-0.1, -0.05) is 0 Å². The number of nitrogens with zero attached hydrogens (tertiary/aromatic N) is 2. The standard InChI is InChI=1S/C24H26F2N4O3S/c1-34(27,31)15-16-10-23-29-22-13-19(20(26)14-28-22)18-7-6-17(25)12-21(18)32-8-4-2-3-5-9-33-24(11-16)30-23/h6-7,10-14,27H,2-5,8-9,15H2,1H3,(H,28,29,30)/t34-/m1/s1. The highest BCUT2D eigenvalue weighted by Crippen LogP contribution is 2.34. The second-order valence-corrected chi connectivity index (χ2v) is 10.6. The molecular weight excluding hydrogens is 462 g/mol. The van der Waals surface area contributed by atoms with Gasteiger partial charge in [-0.25, -0.2) is 18.0 Å². The minimum Gasteiger partial charge on any atom is -0.493 e. The molecule has 2 N–H and O–H groups in total. The van der Waals surface area contributed by atoms with Gasteiger partial charge < -0.3 is 14.8 Å². The fourth-order valence-electron chi connectivity index (χ4n) is 3.70. The fraction of sp³-hybridized carbons (Fsp3) is 0.333. The van der Waals surface area contributed by atoms with Crippen molar-refractivity contribution in [1.82, 2.24) is 9.97 Å². The van der Waals surface area contributed by atoms with Crippen molar-refractivity contribution in [1.29, 1.82) is 4.78 Å². The molecule has 0 spiro atoms. The first-order valence-electron chi connectivity index (χ1n) is 11.0. The Kier molecular flexibility index (Phi) is 7.26. The minimum atomic E-state index is -2.79. The number of benzene rings is 1. The summed E-state index contributed by atoms with van der Waals surface area (Å²) in [6.07, 6.45) is 5.80. The van der Waals surface area contributed by atoms with Crippen LogP contribution in [0.1, 0.15) is 31.2 Å². The number of nitrogens with one attached hydrogen (secondary N) is 2. The first-order valence-corrected chi connectivity index (χ1v) is 13.1. The molecule has 7 nitrogen and oxygen atoms in total. The van der Waals surface area contributed by atoms with Crippen LogP contribution in [0.2, 0.25) is 0 Å². The molecule has 1 aromatic carbocycles. The molecule has 0 aliphatic carbocycles. The van der Waals surface area contributed by atoms with Crippen LogP contribution in [0.4, 0.5) is 20.4 Å². The van der Waals surface area contributed by atoms with Crippen LogP contribution in [0.3, 0.4) is 0 Å². The van der Waals surface area contributed by atoms with Crippen LogP contribution in [-0.4, -0.2) is 33.6 Å². The van der Waals surface area contributed by atoms with Crippen molar-refractivity contribution in [2.75, 3.05) is 24.8 Å². The molecule has 4 bridgehead atoms. The van der Waals surface area contributed by atoms with E-state index in [9.17, 15) is 13.0 Å². The molecule has 1 aliphatic rings. The largest absolute Gasteiger partial charge is 0.493 e. The maximum Gasteiger partial charge on any atom is 0.215 e. The molecule has 1 aliphatic heterocycles. The van der Waals surface area contributed by atoms with Gasteiger partial charge >= 0.3 is 0 Å². The van der Waals surface area contributed by atoms with Crippen LogP contribution in [0, 0.1) is 16.4 Å². The summed E-state index contributed by atoms with van der Waals surface area (Å²) in [4.78, 5) is 8.55. The molecule has 3 heterocycles. The van der Waals surface area contributed by atoms with E-state index in [1.807, 2.05) is 0 Å². The number of ether oxygens (including phenoxy) is 2. The van der Waals surface area contributed by atoms with E-state index >= 15 is 0 Å². The van der Waals surface area contributed by atoms with Crippen LogP contribution in [0.15, 0.2) is 42.6 Å². The zero-order chi connectivity index (χ0) is 24.1. The van der Waals surface area contributed by atoms with E-state index in [-0.39, 0.29) is 17.1 Å². The lowest BCUT2D eigenvalue weighted by molar-refractivity contribution is 0.281. The molecule has 10 heteroatoms. The second kappa shape index (κ2) is 10.3. The third-order valence-corrected chi connectivity index (χ3v) is 6.08. The predicted octanol–water partition coefficient (Wildman–Crippen LogP) is 5.67. The third kappa shape index (κ3) is 6.40. The van der Waals surface area contributed by atoms with Gasteiger partial charge in [-0.2, -0.15) is 4.98 Å². The van der Waals surface area contributed by atoms with Gasteiger partial charge in [0.15, 0.2) is 0 Å². The molecule has 0 unspecified atom stereocenters. The van der Waals surface area contributed by atoms with Crippen molar-refractivity contribution in [2.45, 2.75) is 31.4 Å². The Morgan fingerprint density at radius 3 is 2.53 bits per heavy atom. The summed E-state index contributed by atoms with van der Waals surface area (Å²) < 4.78 is 60.1. The van der Waals surface area contributed by atoms with Crippen LogP contribution in [-0.2, 0) is 15.5 Å². The highest BCUT2D eigenvalue weighted by Gasteiger charge is 2.15. The Labute approximate surface area is 197 Å². The number of pyridine rings is 2. The molecule has 0 fully saturated rings. The summed E-state index contributed by atoms with van der Waals surface area (Å²) in [6, 6.07) is 8.84. The van der Waals surface area contributed by atoms with Gasteiger partial charge in [0.2, 0.25) is 5.88 Å². The Morgan fingerprint density at radius 1 is 1.00 bits per heavy atom. The van der Waals surface area contributed by atoms with Crippen molar-refractivity contribution >= 4 is 21.4 Å². The molecule has 4 rings (SSSR count). The topological polar surface area (TPSA) is 97.2 Å². The highest BCUT2D eigenvalue weighted by molar-refractivity contribution is 7.90. The molecule has 34 heavy (non-hydrogen) atoms. The lowest BCUT2D eigenvalue weighted by Crippen LogP contribution is -2.05. The maximum atomic E-state index is 14.8. The average Bonchev–Trinajstić information content (AvgIpc) is 2.75. The summed E-state index contributed by atoms with van der Waals surface area (Å²) >= 11 is 0. The van der Waals surface area contributed by atoms with E-state index in [2.05, 4.69) is 15.3 Å². The fourth-order valence-corrected chi connectivity index (χ4v) is 4.50. The summed E-state index contributed by atoms with van der Waals surface area (Å²) in [5, 5.41) is 3.04. The summed E-state index contributed by atoms with van der Waals surface area (Å²) in [5.74, 6) is 0.268. The molecular formula is C24H26F2N4O3S. The van der Waals surface area contributed by atoms with E-state index in [0.29, 0.717) is 41.9 Å². The Balaban J connectivity index is 1.76. The Bertz CT molecular complexity index is 1290. The first kappa shape index (κ1) is 23.9. The Hall–Kier alpha value is -3.27. The normalized spacial score (nSPS) is 16.1. The molecule has 180 valence electrons. The maximum absolute atomic E-state index is 14.8. The zero-order valence-corrected chi connectivity index (χ0v) is 19.6. The van der Waals surface area contributed by atoms with Gasteiger partial charge in [0, 0.05) is 39.2 Å². The summed E-state index contributed by atoms with van der Waals surface area (Å²) in [7, 11) is -2.79. The predicted molar refractivity (Wildman–Crippen MR) is 127 cm³/mol. The van der Waals surface area contributed by atoms with Gasteiger partial charge in [0.05, 0.1) is 25.2 Å². The molecule has 3 aromatic rings. The molecule has 0 saturated carbocycles. The van der Waals surface area contributed by atoms with E-state index in [1.165, 1.54) is 30.5 Å². The van der Waals surface area contributed by atoms with E-state index < -0.39 is 21.4 Å². The van der Waals surface area contributed by atoms with Crippen molar-refractivity contribution in [2.24, 2.45) is 0 Å². The quantitative estimate of drug-likeness (QED) is 0.482. The highest BCUT2D eigenvalue weighted by atomic mass is 32.2. The molecule has 0 amide bonds. The number of hydrogen-bond acceptors (Lipinski definition) is 7. The summed E-state index contributed by atoms with van der Waals surface area (Å²) in [6.45, 7) is 0.830. The van der Waals surface area contributed by atoms with E-state index in [4.69, 9.17) is 14.3 Å². The van der Waals surface area contributed by atoms with Gasteiger partial charge in [-0.15, -0.1) is 0 Å². The number of fused-ring (bicyclic) bond motifs is 6. The molecule has 0 saturated heterocycles. The lowest BCUT2D eigenvalue weighted by atomic mass is 10.0. The van der Waals surface area contributed by atoms with Crippen LogP contribution in [0.25, 0.3) is 11.1 Å². The molecule has 2 aromatic heterocycles. The van der Waals surface area contributed by atoms with Crippen molar-refractivity contribution in [3.8, 4) is 22.8 Å². The van der Waals surface area contributed by atoms with Crippen LogP contribution < -0.4 is 14.8 Å². The lowest BCUT2D eigenvalue weighted by Gasteiger charge is -2.14. The monoisotopic (exact) mass is 488 g/mol. The Morgan fingerprint density at radius 2 is 1.76 bits per heavy atom. The van der Waals surface area contributed by atoms with Gasteiger partial charge in [-0.3, -0.25) is 4.78 Å². The number of halogens is 2. The van der Waals surface area contributed by atoms with Gasteiger partial charge in [-0.05, 0) is 55.5 Å². The second-order valence-electron chi connectivity index (χ2n) is 8.27. The van der Waals surface area contributed by atoms with Gasteiger partial charge in [0.1, 0.15) is 29.0 Å². The summed E-state index contributed by atoms with van der Waals surface area (Å²) in [5.41, 5.74) is 1.25. The van der Waals surface area contributed by atoms with E-state index in [0.717, 1.165) is 31.9 Å².